The third-order valence-corrected chi connectivity index (χ3v) is 3.16. The Morgan fingerprint density at radius 2 is 2.11 bits per heavy atom. The van der Waals surface area contributed by atoms with Gasteiger partial charge in [-0.3, -0.25) is 4.90 Å². The minimum absolute atomic E-state index is 0.0628. The van der Waals surface area contributed by atoms with Crippen LogP contribution in [0.4, 0.5) is 0 Å². The van der Waals surface area contributed by atoms with Gasteiger partial charge in [-0.05, 0) is 38.1 Å². The average Bonchev–Trinajstić information content (AvgIpc) is 2.38. The van der Waals surface area contributed by atoms with Crippen molar-refractivity contribution in [2.45, 2.75) is 19.4 Å². The molecule has 0 bridgehead atoms. The van der Waals surface area contributed by atoms with Crippen LogP contribution in [-0.2, 0) is 4.74 Å². The Labute approximate surface area is 114 Å². The number of hydrogen-bond acceptors (Lipinski definition) is 4. The summed E-state index contributed by atoms with van der Waals surface area (Å²) < 4.78 is 11.4. The Morgan fingerprint density at radius 1 is 1.37 bits per heavy atom. The van der Waals surface area contributed by atoms with E-state index < -0.39 is 0 Å². The van der Waals surface area contributed by atoms with Crippen molar-refractivity contribution in [3.63, 3.8) is 0 Å². The molecule has 102 valence electrons. The van der Waals surface area contributed by atoms with Gasteiger partial charge in [-0.15, -0.1) is 0 Å². The molecule has 0 atom stereocenters. The molecule has 1 heterocycles. The van der Waals surface area contributed by atoms with Crippen LogP contribution in [0.25, 0.3) is 0 Å². The maximum Gasteiger partial charge on any atom is 0.119 e. The van der Waals surface area contributed by atoms with Crippen LogP contribution in [0.1, 0.15) is 19.4 Å². The van der Waals surface area contributed by atoms with E-state index in [1.54, 1.807) is 12.1 Å². The minimum atomic E-state index is -0.0628. The van der Waals surface area contributed by atoms with Gasteiger partial charge in [0.25, 0.3) is 0 Å². The minimum Gasteiger partial charge on any atom is -0.492 e. The van der Waals surface area contributed by atoms with Gasteiger partial charge < -0.3 is 9.47 Å². The first-order valence-corrected chi connectivity index (χ1v) is 6.58. The number of morpholine rings is 1. The summed E-state index contributed by atoms with van der Waals surface area (Å²) in [6, 6.07) is 9.31. The molecular weight excluding hydrogens is 240 g/mol. The second-order valence-electron chi connectivity index (χ2n) is 5.37. The number of ether oxygens (including phenoxy) is 2. The molecule has 0 radical (unpaired) electrons. The van der Waals surface area contributed by atoms with Gasteiger partial charge in [0, 0.05) is 19.6 Å². The molecule has 1 aromatic carbocycles. The normalized spacial score (nSPS) is 18.8. The third-order valence-electron chi connectivity index (χ3n) is 3.16. The second-order valence-corrected chi connectivity index (χ2v) is 5.37. The third kappa shape index (κ3) is 4.23. The maximum absolute atomic E-state index is 8.71. The molecule has 0 saturated carbocycles. The van der Waals surface area contributed by atoms with E-state index in [-0.39, 0.29) is 5.60 Å². The quantitative estimate of drug-likeness (QED) is 0.831. The number of benzene rings is 1. The highest BCUT2D eigenvalue weighted by molar-refractivity contribution is 5.34. The molecule has 0 aromatic heterocycles. The first kappa shape index (κ1) is 13.9. The van der Waals surface area contributed by atoms with Crippen molar-refractivity contribution in [2.75, 3.05) is 32.8 Å². The predicted molar refractivity (Wildman–Crippen MR) is 73.1 cm³/mol. The average molecular weight is 260 g/mol. The zero-order valence-corrected chi connectivity index (χ0v) is 11.6. The molecule has 2 rings (SSSR count). The van der Waals surface area contributed by atoms with E-state index in [1.807, 2.05) is 12.1 Å². The Kier molecular flexibility index (Phi) is 4.41. The number of hydrogen-bond donors (Lipinski definition) is 0. The van der Waals surface area contributed by atoms with Crippen LogP contribution in [0.3, 0.4) is 0 Å². The van der Waals surface area contributed by atoms with Crippen LogP contribution in [0.5, 0.6) is 5.75 Å². The van der Waals surface area contributed by atoms with Crippen LogP contribution in [0, 0.1) is 11.3 Å². The summed E-state index contributed by atoms with van der Waals surface area (Å²) in [5.74, 6) is 0.812. The molecule has 0 spiro atoms. The fourth-order valence-electron chi connectivity index (χ4n) is 2.22. The summed E-state index contributed by atoms with van der Waals surface area (Å²) >= 11 is 0. The topological polar surface area (TPSA) is 45.5 Å². The van der Waals surface area contributed by atoms with E-state index in [0.29, 0.717) is 12.2 Å². The second kappa shape index (κ2) is 6.05. The Hall–Kier alpha value is -1.57. The first-order valence-electron chi connectivity index (χ1n) is 6.58. The molecule has 1 saturated heterocycles. The molecule has 1 aromatic rings. The molecule has 19 heavy (non-hydrogen) atoms. The van der Waals surface area contributed by atoms with Crippen molar-refractivity contribution in [3.05, 3.63) is 29.8 Å². The molecule has 0 aliphatic carbocycles. The van der Waals surface area contributed by atoms with Crippen molar-refractivity contribution < 1.29 is 9.47 Å². The van der Waals surface area contributed by atoms with Crippen LogP contribution < -0.4 is 4.74 Å². The number of nitriles is 1. The lowest BCUT2D eigenvalue weighted by Gasteiger charge is -2.38. The first-order chi connectivity index (χ1) is 9.09. The van der Waals surface area contributed by atoms with Gasteiger partial charge in [0.2, 0.25) is 0 Å². The van der Waals surface area contributed by atoms with E-state index in [0.717, 1.165) is 32.0 Å². The highest BCUT2D eigenvalue weighted by Gasteiger charge is 2.26. The van der Waals surface area contributed by atoms with E-state index in [2.05, 4.69) is 24.8 Å². The molecule has 1 aliphatic heterocycles. The molecule has 0 amide bonds. The summed E-state index contributed by atoms with van der Waals surface area (Å²) in [4.78, 5) is 2.35. The molecular formula is C15H20N2O2. The fourth-order valence-corrected chi connectivity index (χ4v) is 2.22. The highest BCUT2D eigenvalue weighted by atomic mass is 16.5. The van der Waals surface area contributed by atoms with Gasteiger partial charge in [-0.2, -0.15) is 5.26 Å². The molecule has 4 nitrogen and oxygen atoms in total. The van der Waals surface area contributed by atoms with Crippen molar-refractivity contribution in [1.82, 2.24) is 4.90 Å². The number of rotatable bonds is 4. The van der Waals surface area contributed by atoms with E-state index in [1.165, 1.54) is 0 Å². The van der Waals surface area contributed by atoms with E-state index in [9.17, 15) is 0 Å². The van der Waals surface area contributed by atoms with Gasteiger partial charge >= 0.3 is 0 Å². The van der Waals surface area contributed by atoms with Crippen LogP contribution >= 0.6 is 0 Å². The summed E-state index contributed by atoms with van der Waals surface area (Å²) in [7, 11) is 0. The lowest BCUT2D eigenvalue weighted by atomic mass is 10.1. The standard InChI is InChI=1S/C15H20N2O2/c1-15(2)12-17(8-10-19-15)7-9-18-14-5-3-13(11-16)4-6-14/h3-6H,7-10,12H2,1-2H3. The molecule has 1 fully saturated rings. The Bertz CT molecular complexity index is 448. The fraction of sp³-hybridized carbons (Fsp3) is 0.533. The monoisotopic (exact) mass is 260 g/mol. The van der Waals surface area contributed by atoms with Crippen LogP contribution in [-0.4, -0.2) is 43.3 Å². The van der Waals surface area contributed by atoms with Crippen molar-refractivity contribution >= 4 is 0 Å². The van der Waals surface area contributed by atoms with E-state index in [4.69, 9.17) is 14.7 Å². The van der Waals surface area contributed by atoms with Gasteiger partial charge in [-0.1, -0.05) is 0 Å². The van der Waals surface area contributed by atoms with Crippen molar-refractivity contribution in [2.24, 2.45) is 0 Å². The number of nitrogens with zero attached hydrogens (tertiary/aromatic N) is 2. The molecule has 0 unspecified atom stereocenters. The van der Waals surface area contributed by atoms with Crippen molar-refractivity contribution in [1.29, 1.82) is 5.26 Å². The smallest absolute Gasteiger partial charge is 0.119 e. The van der Waals surface area contributed by atoms with Gasteiger partial charge in [0.15, 0.2) is 0 Å². The van der Waals surface area contributed by atoms with Crippen molar-refractivity contribution in [3.8, 4) is 11.8 Å². The summed E-state index contributed by atoms with van der Waals surface area (Å²) in [5.41, 5.74) is 0.592. The van der Waals surface area contributed by atoms with Gasteiger partial charge in [-0.25, -0.2) is 0 Å². The lowest BCUT2D eigenvalue weighted by molar-refractivity contribution is -0.0875. The largest absolute Gasteiger partial charge is 0.492 e. The molecule has 1 aliphatic rings. The van der Waals surface area contributed by atoms with Crippen LogP contribution in [0.15, 0.2) is 24.3 Å². The van der Waals surface area contributed by atoms with Gasteiger partial charge in [0.1, 0.15) is 12.4 Å². The Morgan fingerprint density at radius 3 is 2.74 bits per heavy atom. The zero-order valence-electron chi connectivity index (χ0n) is 11.6. The molecule has 4 heteroatoms. The van der Waals surface area contributed by atoms with Gasteiger partial charge in [0.05, 0.1) is 23.8 Å². The summed E-state index contributed by atoms with van der Waals surface area (Å²) in [6.45, 7) is 8.45. The van der Waals surface area contributed by atoms with Crippen LogP contribution in [0.2, 0.25) is 0 Å². The lowest BCUT2D eigenvalue weighted by Crippen LogP contribution is -2.49. The van der Waals surface area contributed by atoms with E-state index >= 15 is 0 Å². The predicted octanol–water partition coefficient (Wildman–Crippen LogP) is 2.05. The highest BCUT2D eigenvalue weighted by Crippen LogP contribution is 2.16. The summed E-state index contributed by atoms with van der Waals surface area (Å²) in [5, 5.41) is 8.71. The summed E-state index contributed by atoms with van der Waals surface area (Å²) in [6.07, 6.45) is 0. The SMILES string of the molecule is CC1(C)CN(CCOc2ccc(C#N)cc2)CCO1. The zero-order chi connectivity index (χ0) is 13.7. The maximum atomic E-state index is 8.71. The molecule has 0 N–H and O–H groups in total. The Balaban J connectivity index is 1.75.